The minimum Gasteiger partial charge on any atom is -0.490 e. The van der Waals surface area contributed by atoms with Gasteiger partial charge in [0.25, 0.3) is 0 Å². The summed E-state index contributed by atoms with van der Waals surface area (Å²) >= 11 is 0. The number of carbonyl (C=O) groups excluding carboxylic acids is 2. The molecule has 2 heterocycles. The lowest BCUT2D eigenvalue weighted by Crippen LogP contribution is -2.45. The van der Waals surface area contributed by atoms with Gasteiger partial charge in [-0.15, -0.1) is 0 Å². The van der Waals surface area contributed by atoms with E-state index in [4.69, 9.17) is 14.2 Å². The van der Waals surface area contributed by atoms with Crippen LogP contribution in [0.4, 0.5) is 4.79 Å². The fourth-order valence-electron chi connectivity index (χ4n) is 6.00. The molecule has 0 spiro atoms. The van der Waals surface area contributed by atoms with E-state index in [-0.39, 0.29) is 12.2 Å². The molecular formula is C40H39N5O6. The van der Waals surface area contributed by atoms with Crippen LogP contribution in [0.3, 0.4) is 0 Å². The van der Waals surface area contributed by atoms with Gasteiger partial charge in [-0.25, -0.2) is 9.59 Å². The zero-order valence-electron chi connectivity index (χ0n) is 28.5. The number of nitrogens with one attached hydrogen (secondary N) is 3. The summed E-state index contributed by atoms with van der Waals surface area (Å²) in [5.74, 6) is 0.176. The third-order valence-electron chi connectivity index (χ3n) is 8.26. The second kappa shape index (κ2) is 15.9. The maximum absolute atomic E-state index is 12.6. The first-order valence-corrected chi connectivity index (χ1v) is 16.5. The number of ether oxygens (including phenoxy) is 3. The van der Waals surface area contributed by atoms with Gasteiger partial charge >= 0.3 is 12.0 Å². The lowest BCUT2D eigenvalue weighted by atomic mass is 9.95. The van der Waals surface area contributed by atoms with Crippen molar-refractivity contribution in [3.63, 3.8) is 0 Å². The van der Waals surface area contributed by atoms with Crippen molar-refractivity contribution < 1.29 is 28.9 Å². The molecule has 11 heteroatoms. The Labute approximate surface area is 296 Å². The molecule has 2 atom stereocenters. The van der Waals surface area contributed by atoms with Gasteiger partial charge in [-0.05, 0) is 60.9 Å². The summed E-state index contributed by atoms with van der Waals surface area (Å²) in [6.45, 7) is 3.65. The predicted molar refractivity (Wildman–Crippen MR) is 196 cm³/mol. The molecule has 0 fully saturated rings. The molecule has 51 heavy (non-hydrogen) atoms. The smallest absolute Gasteiger partial charge is 0.337 e. The average molecular weight is 686 g/mol. The monoisotopic (exact) mass is 685 g/mol. The van der Waals surface area contributed by atoms with Crippen molar-refractivity contribution in [3.05, 3.63) is 138 Å². The number of amides is 2. The van der Waals surface area contributed by atoms with Gasteiger partial charge in [0.05, 0.1) is 42.9 Å². The standard InChI is InChI=1S/C40H39N5O6/c1-4-50-34-23-29(37-36(39(47)49-3)26(2)42-40(48)43-37)20-21-33(34)51-25-35(46)44-41-24-30-22-32(27-14-8-5-9-15-27)45(31-18-12-7-13-19-31)38(30)28-16-10-6-11-17-28/h5-24,35,37,44,46H,4,25H2,1-3H3,(H2,42,43,48)/b41-24+/t35-,37+/m1/s1. The van der Waals surface area contributed by atoms with Crippen LogP contribution in [-0.4, -0.2) is 54.4 Å². The molecule has 1 aliphatic heterocycles. The van der Waals surface area contributed by atoms with Gasteiger partial charge in [-0.2, -0.15) is 5.10 Å². The molecule has 1 aliphatic rings. The summed E-state index contributed by atoms with van der Waals surface area (Å²) in [6.07, 6.45) is 0.528. The van der Waals surface area contributed by atoms with Crippen LogP contribution in [0.5, 0.6) is 11.5 Å². The maximum atomic E-state index is 12.6. The van der Waals surface area contributed by atoms with Gasteiger partial charge in [-0.1, -0.05) is 84.9 Å². The minimum absolute atomic E-state index is 0.154. The topological polar surface area (TPSA) is 135 Å². The number of nitrogens with zero attached hydrogens (tertiary/aromatic N) is 2. The number of hydrazone groups is 1. The largest absolute Gasteiger partial charge is 0.490 e. The Morgan fingerprint density at radius 1 is 0.922 bits per heavy atom. The molecule has 2 amide bonds. The molecule has 4 N–H and O–H groups in total. The molecule has 1 aromatic heterocycles. The first-order valence-electron chi connectivity index (χ1n) is 16.5. The highest BCUT2D eigenvalue weighted by atomic mass is 16.5. The third kappa shape index (κ3) is 7.79. The van der Waals surface area contributed by atoms with Gasteiger partial charge in [0.15, 0.2) is 17.7 Å². The van der Waals surface area contributed by atoms with Crippen LogP contribution in [-0.2, 0) is 9.53 Å². The zero-order chi connectivity index (χ0) is 35.7. The number of hydrogen-bond acceptors (Lipinski definition) is 8. The second-order valence-electron chi connectivity index (χ2n) is 11.7. The normalized spacial score (nSPS) is 14.8. The summed E-state index contributed by atoms with van der Waals surface area (Å²) in [5.41, 5.74) is 9.88. The van der Waals surface area contributed by atoms with Gasteiger partial charge < -0.3 is 34.5 Å². The van der Waals surface area contributed by atoms with E-state index in [1.807, 2.05) is 61.5 Å². The van der Waals surface area contributed by atoms with Crippen molar-refractivity contribution in [1.82, 2.24) is 20.6 Å². The molecule has 0 unspecified atom stereocenters. The van der Waals surface area contributed by atoms with E-state index in [9.17, 15) is 14.7 Å². The molecule has 0 aliphatic carbocycles. The van der Waals surface area contributed by atoms with Crippen molar-refractivity contribution in [2.24, 2.45) is 5.10 Å². The molecular weight excluding hydrogens is 646 g/mol. The average Bonchev–Trinajstić information content (AvgIpc) is 3.54. The Morgan fingerprint density at radius 3 is 2.25 bits per heavy atom. The van der Waals surface area contributed by atoms with E-state index in [0.717, 1.165) is 33.8 Å². The Kier molecular flexibility index (Phi) is 10.8. The lowest BCUT2D eigenvalue weighted by molar-refractivity contribution is -0.136. The summed E-state index contributed by atoms with van der Waals surface area (Å²) in [7, 11) is 1.28. The van der Waals surface area contributed by atoms with Gasteiger partial charge in [-0.3, -0.25) is 5.43 Å². The summed E-state index contributed by atoms with van der Waals surface area (Å²) in [5, 5.41) is 20.6. The molecule has 0 saturated carbocycles. The highest BCUT2D eigenvalue weighted by Crippen LogP contribution is 2.36. The summed E-state index contributed by atoms with van der Waals surface area (Å²) in [4.78, 5) is 24.8. The number of aliphatic hydroxyl groups excluding tert-OH is 1. The fourth-order valence-corrected chi connectivity index (χ4v) is 6.00. The lowest BCUT2D eigenvalue weighted by Gasteiger charge is -2.28. The molecule has 0 bridgehead atoms. The van der Waals surface area contributed by atoms with Gasteiger partial charge in [0, 0.05) is 16.9 Å². The van der Waals surface area contributed by atoms with E-state index in [1.165, 1.54) is 7.11 Å². The Bertz CT molecular complexity index is 2040. The molecule has 11 nitrogen and oxygen atoms in total. The van der Waals surface area contributed by atoms with Gasteiger partial charge in [0.2, 0.25) is 0 Å². The minimum atomic E-state index is -1.17. The van der Waals surface area contributed by atoms with E-state index in [2.05, 4.69) is 68.2 Å². The predicted octanol–water partition coefficient (Wildman–Crippen LogP) is 6.33. The van der Waals surface area contributed by atoms with E-state index in [1.54, 1.807) is 31.3 Å². The first-order chi connectivity index (χ1) is 24.9. The van der Waals surface area contributed by atoms with Crippen molar-refractivity contribution >= 4 is 18.2 Å². The number of aromatic nitrogens is 1. The highest BCUT2D eigenvalue weighted by Gasteiger charge is 2.32. The van der Waals surface area contributed by atoms with E-state index in [0.29, 0.717) is 29.4 Å². The number of esters is 1. The van der Waals surface area contributed by atoms with E-state index >= 15 is 0 Å². The number of aliphatic hydroxyl groups is 1. The second-order valence-corrected chi connectivity index (χ2v) is 11.7. The number of benzene rings is 4. The molecule has 6 rings (SSSR count). The van der Waals surface area contributed by atoms with Crippen molar-refractivity contribution in [2.75, 3.05) is 20.3 Å². The van der Waals surface area contributed by atoms with Crippen LogP contribution in [0.25, 0.3) is 28.2 Å². The number of para-hydroxylation sites is 1. The highest BCUT2D eigenvalue weighted by molar-refractivity contribution is 5.95. The van der Waals surface area contributed by atoms with Crippen molar-refractivity contribution in [3.8, 4) is 39.7 Å². The number of urea groups is 1. The van der Waals surface area contributed by atoms with Crippen LogP contribution in [0, 0.1) is 0 Å². The summed E-state index contributed by atoms with van der Waals surface area (Å²) in [6, 6.07) is 36.4. The first kappa shape index (κ1) is 34.5. The van der Waals surface area contributed by atoms with E-state index < -0.39 is 24.3 Å². The van der Waals surface area contributed by atoms with Crippen LogP contribution in [0.2, 0.25) is 0 Å². The number of methoxy groups -OCH3 is 1. The van der Waals surface area contributed by atoms with Crippen molar-refractivity contribution in [2.45, 2.75) is 26.1 Å². The molecule has 4 aromatic carbocycles. The third-order valence-corrected chi connectivity index (χ3v) is 8.26. The molecule has 0 saturated heterocycles. The quantitative estimate of drug-likeness (QED) is 0.0492. The number of rotatable bonds is 13. The van der Waals surface area contributed by atoms with Crippen LogP contribution < -0.4 is 25.5 Å². The molecule has 5 aromatic rings. The Hall–Kier alpha value is -6.33. The van der Waals surface area contributed by atoms with Crippen LogP contribution in [0.15, 0.2) is 132 Å². The van der Waals surface area contributed by atoms with Crippen LogP contribution >= 0.6 is 0 Å². The number of carbonyl (C=O) groups is 2. The Morgan fingerprint density at radius 2 is 1.59 bits per heavy atom. The molecule has 260 valence electrons. The van der Waals surface area contributed by atoms with Crippen molar-refractivity contribution in [1.29, 1.82) is 0 Å². The number of hydrogen-bond donors (Lipinski definition) is 4. The Balaban J connectivity index is 1.23. The number of allylic oxidation sites excluding steroid dienone is 1. The van der Waals surface area contributed by atoms with Gasteiger partial charge in [0.1, 0.15) is 6.61 Å². The summed E-state index contributed by atoms with van der Waals surface area (Å²) < 4.78 is 19.0. The zero-order valence-corrected chi connectivity index (χ0v) is 28.5. The molecule has 0 radical (unpaired) electrons. The fraction of sp³-hybridized carbons (Fsp3) is 0.175. The SMILES string of the molecule is CCOc1cc([C@@H]2NC(=O)NC(C)=C2C(=O)OC)ccc1OC[C@@H](O)N/N=C/c1cc(-c2ccccc2)n(-c2ccccc2)c1-c1ccccc1. The van der Waals surface area contributed by atoms with Crippen LogP contribution in [0.1, 0.15) is 31.0 Å². The maximum Gasteiger partial charge on any atom is 0.337 e.